The van der Waals surface area contributed by atoms with Crippen LogP contribution in [0.4, 0.5) is 5.69 Å². The van der Waals surface area contributed by atoms with Gasteiger partial charge in [0.1, 0.15) is 5.75 Å². The maximum Gasteiger partial charge on any atom is 0.276 e. The van der Waals surface area contributed by atoms with Gasteiger partial charge in [-0.3, -0.25) is 9.59 Å². The highest BCUT2D eigenvalue weighted by Crippen LogP contribution is 2.31. The molecule has 2 aromatic carbocycles. The Morgan fingerprint density at radius 2 is 1.97 bits per heavy atom. The number of hydrogen-bond donors (Lipinski definition) is 2. The molecule has 1 heterocycles. The van der Waals surface area contributed by atoms with Crippen molar-refractivity contribution in [1.29, 1.82) is 0 Å². The van der Waals surface area contributed by atoms with Crippen molar-refractivity contribution in [2.75, 3.05) is 12.4 Å². The lowest BCUT2D eigenvalue weighted by atomic mass is 10.1. The molecule has 0 bridgehead atoms. The maximum absolute atomic E-state index is 13.1. The van der Waals surface area contributed by atoms with Gasteiger partial charge in [0, 0.05) is 16.8 Å². The molecule has 7 heteroatoms. The summed E-state index contributed by atoms with van der Waals surface area (Å²) in [4.78, 5) is 24.6. The molecule has 0 spiro atoms. The minimum atomic E-state index is -0.576. The fourth-order valence-corrected chi connectivity index (χ4v) is 3.76. The standard InChI is InChI=1S/C22H22N4O3/c1-13-6-3-4-8-17(13)26-18-9-5-7-15(18)20(25-26)22(28)24-16-12-14(21(23)27)10-11-19(16)29-2/h3-4,6,8,10-12H,5,7,9H2,1-2H3,(H2,23,27)(H,24,28). The van der Waals surface area contributed by atoms with Gasteiger partial charge in [-0.2, -0.15) is 5.10 Å². The summed E-state index contributed by atoms with van der Waals surface area (Å²) in [7, 11) is 1.50. The lowest BCUT2D eigenvalue weighted by Crippen LogP contribution is -2.17. The Morgan fingerprint density at radius 1 is 1.17 bits per heavy atom. The number of nitrogens with two attached hydrogens (primary N) is 1. The summed E-state index contributed by atoms with van der Waals surface area (Å²) in [6, 6.07) is 12.6. The number of ether oxygens (including phenoxy) is 1. The molecular formula is C22H22N4O3. The number of fused-ring (bicyclic) bond motifs is 1. The van der Waals surface area contributed by atoms with Crippen LogP contribution in [0.2, 0.25) is 0 Å². The molecule has 0 fully saturated rings. The van der Waals surface area contributed by atoms with Gasteiger partial charge in [-0.1, -0.05) is 18.2 Å². The summed E-state index contributed by atoms with van der Waals surface area (Å²) in [5.74, 6) is -0.471. The second kappa shape index (κ2) is 7.43. The summed E-state index contributed by atoms with van der Waals surface area (Å²) in [5, 5.41) is 7.48. The van der Waals surface area contributed by atoms with Crippen LogP contribution in [0.5, 0.6) is 5.75 Å². The van der Waals surface area contributed by atoms with E-state index < -0.39 is 5.91 Å². The summed E-state index contributed by atoms with van der Waals surface area (Å²) in [6.45, 7) is 2.03. The summed E-state index contributed by atoms with van der Waals surface area (Å²) >= 11 is 0. The van der Waals surface area contributed by atoms with Crippen molar-refractivity contribution < 1.29 is 14.3 Å². The highest BCUT2D eigenvalue weighted by Gasteiger charge is 2.28. The Labute approximate surface area is 168 Å². The van der Waals surface area contributed by atoms with Crippen LogP contribution >= 0.6 is 0 Å². The zero-order valence-corrected chi connectivity index (χ0v) is 16.4. The number of methoxy groups -OCH3 is 1. The van der Waals surface area contributed by atoms with Gasteiger partial charge in [0.15, 0.2) is 5.69 Å². The van der Waals surface area contributed by atoms with Crippen LogP contribution in [0.25, 0.3) is 5.69 Å². The number of rotatable bonds is 5. The first-order chi connectivity index (χ1) is 14.0. The van der Waals surface area contributed by atoms with E-state index in [2.05, 4.69) is 10.4 Å². The smallest absolute Gasteiger partial charge is 0.276 e. The normalized spacial score (nSPS) is 12.5. The third kappa shape index (κ3) is 3.35. The van der Waals surface area contributed by atoms with Crippen molar-refractivity contribution in [3.05, 3.63) is 70.5 Å². The van der Waals surface area contributed by atoms with Gasteiger partial charge in [0.25, 0.3) is 5.91 Å². The van der Waals surface area contributed by atoms with Gasteiger partial charge in [-0.05, 0) is 56.0 Å². The van der Waals surface area contributed by atoms with Crippen molar-refractivity contribution in [3.8, 4) is 11.4 Å². The molecule has 7 nitrogen and oxygen atoms in total. The minimum absolute atomic E-state index is 0.289. The molecule has 0 saturated heterocycles. The summed E-state index contributed by atoms with van der Waals surface area (Å²) in [6.07, 6.45) is 2.67. The summed E-state index contributed by atoms with van der Waals surface area (Å²) in [5.41, 5.74) is 10.5. The Hall–Kier alpha value is -3.61. The predicted molar refractivity (Wildman–Crippen MR) is 110 cm³/mol. The minimum Gasteiger partial charge on any atom is -0.495 e. The molecule has 3 N–H and O–H groups in total. The first-order valence-electron chi connectivity index (χ1n) is 9.45. The molecule has 2 amide bonds. The number of benzene rings is 2. The average molecular weight is 390 g/mol. The van der Waals surface area contributed by atoms with E-state index in [9.17, 15) is 9.59 Å². The van der Waals surface area contributed by atoms with Gasteiger partial charge < -0.3 is 15.8 Å². The highest BCUT2D eigenvalue weighted by molar-refractivity contribution is 6.06. The molecule has 0 aliphatic heterocycles. The van der Waals surface area contributed by atoms with Crippen LogP contribution in [-0.2, 0) is 12.8 Å². The number of hydrogen-bond acceptors (Lipinski definition) is 4. The van der Waals surface area contributed by atoms with Gasteiger partial charge in [0.05, 0.1) is 18.5 Å². The Bertz CT molecular complexity index is 1120. The lowest BCUT2D eigenvalue weighted by Gasteiger charge is -2.11. The molecule has 0 unspecified atom stereocenters. The Kier molecular flexibility index (Phi) is 4.80. The number of para-hydroxylation sites is 1. The third-order valence-corrected chi connectivity index (χ3v) is 5.22. The van der Waals surface area contributed by atoms with Crippen LogP contribution < -0.4 is 15.8 Å². The first kappa shape index (κ1) is 18.7. The van der Waals surface area contributed by atoms with E-state index in [0.717, 1.165) is 41.8 Å². The SMILES string of the molecule is COc1ccc(C(N)=O)cc1NC(=O)c1nn(-c2ccccc2C)c2c1CCC2. The monoisotopic (exact) mass is 390 g/mol. The van der Waals surface area contributed by atoms with E-state index in [1.807, 2.05) is 35.9 Å². The Morgan fingerprint density at radius 3 is 2.69 bits per heavy atom. The molecule has 0 radical (unpaired) electrons. The van der Waals surface area contributed by atoms with Crippen LogP contribution in [-0.4, -0.2) is 28.7 Å². The van der Waals surface area contributed by atoms with E-state index in [1.165, 1.54) is 13.2 Å². The third-order valence-electron chi connectivity index (χ3n) is 5.22. The largest absolute Gasteiger partial charge is 0.495 e. The number of carbonyl (C=O) groups excluding carboxylic acids is 2. The number of aryl methyl sites for hydroxylation is 1. The zero-order chi connectivity index (χ0) is 20.5. The van der Waals surface area contributed by atoms with Crippen molar-refractivity contribution in [1.82, 2.24) is 9.78 Å². The number of primary amides is 1. The molecule has 0 atom stereocenters. The Balaban J connectivity index is 1.73. The molecule has 0 saturated carbocycles. The number of anilines is 1. The van der Waals surface area contributed by atoms with Crippen LogP contribution in [0.3, 0.4) is 0 Å². The highest BCUT2D eigenvalue weighted by atomic mass is 16.5. The molecule has 3 aromatic rings. The van der Waals surface area contributed by atoms with E-state index in [4.69, 9.17) is 10.5 Å². The van der Waals surface area contributed by atoms with Crippen molar-refractivity contribution in [3.63, 3.8) is 0 Å². The number of amides is 2. The number of nitrogens with one attached hydrogen (secondary N) is 1. The second-order valence-corrected chi connectivity index (χ2v) is 7.06. The van der Waals surface area contributed by atoms with Crippen molar-refractivity contribution >= 4 is 17.5 Å². The van der Waals surface area contributed by atoms with Crippen LogP contribution in [0.1, 0.15) is 44.1 Å². The summed E-state index contributed by atoms with van der Waals surface area (Å²) < 4.78 is 7.19. The van der Waals surface area contributed by atoms with E-state index >= 15 is 0 Å². The molecule has 148 valence electrons. The van der Waals surface area contributed by atoms with Crippen molar-refractivity contribution in [2.24, 2.45) is 5.73 Å². The number of nitrogens with zero attached hydrogens (tertiary/aromatic N) is 2. The fourth-order valence-electron chi connectivity index (χ4n) is 3.76. The fraction of sp³-hybridized carbons (Fsp3) is 0.227. The quantitative estimate of drug-likeness (QED) is 0.699. The number of aromatic nitrogens is 2. The molecule has 1 aliphatic carbocycles. The van der Waals surface area contributed by atoms with E-state index in [1.54, 1.807) is 12.1 Å². The lowest BCUT2D eigenvalue weighted by molar-refractivity contribution is 0.0995. The molecule has 29 heavy (non-hydrogen) atoms. The second-order valence-electron chi connectivity index (χ2n) is 7.06. The van der Waals surface area contributed by atoms with Gasteiger partial charge in [-0.15, -0.1) is 0 Å². The van der Waals surface area contributed by atoms with Gasteiger partial charge in [0.2, 0.25) is 5.91 Å². The molecule has 4 rings (SSSR count). The van der Waals surface area contributed by atoms with Crippen LogP contribution in [0, 0.1) is 6.92 Å². The van der Waals surface area contributed by atoms with E-state index in [0.29, 0.717) is 17.1 Å². The maximum atomic E-state index is 13.1. The van der Waals surface area contributed by atoms with Crippen LogP contribution in [0.15, 0.2) is 42.5 Å². The molecular weight excluding hydrogens is 368 g/mol. The molecule has 1 aromatic heterocycles. The zero-order valence-electron chi connectivity index (χ0n) is 16.4. The van der Waals surface area contributed by atoms with Crippen molar-refractivity contribution in [2.45, 2.75) is 26.2 Å². The van der Waals surface area contributed by atoms with Gasteiger partial charge in [-0.25, -0.2) is 4.68 Å². The topological polar surface area (TPSA) is 99.2 Å². The average Bonchev–Trinajstić information content (AvgIpc) is 3.31. The predicted octanol–water partition coefficient (Wildman–Crippen LogP) is 3.03. The molecule has 1 aliphatic rings. The van der Waals surface area contributed by atoms with Gasteiger partial charge >= 0.3 is 0 Å². The number of carbonyl (C=O) groups is 2. The first-order valence-corrected chi connectivity index (χ1v) is 9.45. The van der Waals surface area contributed by atoms with E-state index in [-0.39, 0.29) is 11.5 Å².